The van der Waals surface area contributed by atoms with Crippen molar-refractivity contribution >= 4 is 23.4 Å². The summed E-state index contributed by atoms with van der Waals surface area (Å²) in [5, 5.41) is 3.34. The van der Waals surface area contributed by atoms with E-state index in [1.54, 1.807) is 17.2 Å². The molecule has 0 unspecified atom stereocenters. The lowest BCUT2D eigenvalue weighted by Crippen LogP contribution is -2.46. The molecule has 0 saturated carbocycles. The standard InChI is InChI=1S/C14H18ClN3O2/c1-2-13(19)17-10-4-7-18(8-5-10)14(20)11-3-6-16-9-12(11)15/h3,6,9-10H,2,4-5,7-8H2,1H3,(H,17,19). The van der Waals surface area contributed by atoms with Crippen LogP contribution in [0.25, 0.3) is 0 Å². The van der Waals surface area contributed by atoms with E-state index in [4.69, 9.17) is 11.6 Å². The molecule has 2 amide bonds. The van der Waals surface area contributed by atoms with Gasteiger partial charge in [0.2, 0.25) is 5.91 Å². The first-order chi connectivity index (χ1) is 9.61. The Balaban J connectivity index is 1.92. The minimum absolute atomic E-state index is 0.0620. The van der Waals surface area contributed by atoms with Gasteiger partial charge in [0.1, 0.15) is 0 Å². The normalized spacial score (nSPS) is 16.0. The molecule has 1 N–H and O–H groups in total. The predicted molar refractivity (Wildman–Crippen MR) is 76.6 cm³/mol. The number of rotatable bonds is 3. The molecule has 1 aromatic rings. The number of nitrogens with zero attached hydrogens (tertiary/aromatic N) is 2. The number of hydrogen-bond donors (Lipinski definition) is 1. The van der Waals surface area contributed by atoms with Gasteiger partial charge in [-0.2, -0.15) is 0 Å². The van der Waals surface area contributed by atoms with Crippen LogP contribution in [0.3, 0.4) is 0 Å². The van der Waals surface area contributed by atoms with Gasteiger partial charge >= 0.3 is 0 Å². The van der Waals surface area contributed by atoms with Crippen LogP contribution >= 0.6 is 11.6 Å². The molecule has 0 spiro atoms. The summed E-state index contributed by atoms with van der Waals surface area (Å²) in [4.78, 5) is 29.3. The molecular formula is C14H18ClN3O2. The van der Waals surface area contributed by atoms with E-state index in [-0.39, 0.29) is 17.9 Å². The first-order valence-electron chi connectivity index (χ1n) is 6.80. The van der Waals surface area contributed by atoms with Crippen LogP contribution in [0.5, 0.6) is 0 Å². The fourth-order valence-electron chi connectivity index (χ4n) is 2.28. The molecule has 2 rings (SSSR count). The number of nitrogens with one attached hydrogen (secondary N) is 1. The zero-order valence-electron chi connectivity index (χ0n) is 11.4. The minimum atomic E-state index is -0.0716. The molecule has 0 aromatic carbocycles. The highest BCUT2D eigenvalue weighted by Crippen LogP contribution is 2.19. The monoisotopic (exact) mass is 295 g/mol. The summed E-state index contributed by atoms with van der Waals surface area (Å²) in [6, 6.07) is 1.80. The van der Waals surface area contributed by atoms with Gasteiger partial charge < -0.3 is 10.2 Å². The number of pyridine rings is 1. The van der Waals surface area contributed by atoms with Crippen molar-refractivity contribution in [1.29, 1.82) is 0 Å². The summed E-state index contributed by atoms with van der Waals surface area (Å²) in [5.41, 5.74) is 0.484. The van der Waals surface area contributed by atoms with E-state index >= 15 is 0 Å². The van der Waals surface area contributed by atoms with Crippen molar-refractivity contribution < 1.29 is 9.59 Å². The van der Waals surface area contributed by atoms with Crippen molar-refractivity contribution in [3.8, 4) is 0 Å². The fraction of sp³-hybridized carbons (Fsp3) is 0.500. The zero-order chi connectivity index (χ0) is 14.5. The zero-order valence-corrected chi connectivity index (χ0v) is 12.2. The maximum atomic E-state index is 12.3. The van der Waals surface area contributed by atoms with E-state index in [9.17, 15) is 9.59 Å². The first kappa shape index (κ1) is 14.8. The molecule has 0 bridgehead atoms. The number of halogens is 1. The summed E-state index contributed by atoms with van der Waals surface area (Å²) in [5.74, 6) is -0.00961. The average Bonchev–Trinajstić information content (AvgIpc) is 2.47. The van der Waals surface area contributed by atoms with Crippen molar-refractivity contribution in [1.82, 2.24) is 15.2 Å². The molecule has 1 saturated heterocycles. The lowest BCUT2D eigenvalue weighted by atomic mass is 10.0. The summed E-state index contributed by atoms with van der Waals surface area (Å²) in [7, 11) is 0. The number of likely N-dealkylation sites (tertiary alicyclic amines) is 1. The average molecular weight is 296 g/mol. The molecule has 0 radical (unpaired) electrons. The van der Waals surface area contributed by atoms with Gasteiger partial charge in [-0.15, -0.1) is 0 Å². The number of hydrogen-bond acceptors (Lipinski definition) is 3. The van der Waals surface area contributed by atoms with Crippen LogP contribution in [-0.2, 0) is 4.79 Å². The van der Waals surface area contributed by atoms with Crippen molar-refractivity contribution in [2.45, 2.75) is 32.2 Å². The van der Waals surface area contributed by atoms with Gasteiger partial charge in [0.05, 0.1) is 10.6 Å². The molecular weight excluding hydrogens is 278 g/mol. The van der Waals surface area contributed by atoms with Crippen LogP contribution in [0.15, 0.2) is 18.5 Å². The largest absolute Gasteiger partial charge is 0.353 e. The van der Waals surface area contributed by atoms with Crippen LogP contribution in [-0.4, -0.2) is 40.8 Å². The molecule has 6 heteroatoms. The summed E-state index contributed by atoms with van der Waals surface area (Å²) >= 11 is 5.99. The second kappa shape index (κ2) is 6.70. The van der Waals surface area contributed by atoms with Crippen LogP contribution in [0.2, 0.25) is 5.02 Å². The second-order valence-corrected chi connectivity index (χ2v) is 5.25. The summed E-state index contributed by atoms with van der Waals surface area (Å²) < 4.78 is 0. The van der Waals surface area contributed by atoms with Crippen molar-refractivity contribution in [2.75, 3.05) is 13.1 Å². The van der Waals surface area contributed by atoms with Crippen LogP contribution < -0.4 is 5.32 Å². The summed E-state index contributed by atoms with van der Waals surface area (Å²) in [6.45, 7) is 3.09. The third kappa shape index (κ3) is 3.48. The van der Waals surface area contributed by atoms with Gasteiger partial charge in [-0.25, -0.2) is 0 Å². The molecule has 1 aliphatic rings. The number of carbonyl (C=O) groups excluding carboxylic acids is 2. The second-order valence-electron chi connectivity index (χ2n) is 4.84. The van der Waals surface area contributed by atoms with Crippen molar-refractivity contribution in [3.05, 3.63) is 29.0 Å². The molecule has 2 heterocycles. The Morgan fingerprint density at radius 2 is 2.15 bits per heavy atom. The van der Waals surface area contributed by atoms with E-state index < -0.39 is 0 Å². The number of carbonyl (C=O) groups is 2. The topological polar surface area (TPSA) is 62.3 Å². The Labute approximate surface area is 123 Å². The molecule has 108 valence electrons. The molecule has 1 aromatic heterocycles. The third-order valence-corrected chi connectivity index (χ3v) is 3.77. The molecule has 0 aliphatic carbocycles. The van der Waals surface area contributed by atoms with E-state index in [0.717, 1.165) is 12.8 Å². The Bertz CT molecular complexity index is 499. The SMILES string of the molecule is CCC(=O)NC1CCN(C(=O)c2ccncc2Cl)CC1. The molecule has 1 aliphatic heterocycles. The predicted octanol–water partition coefficient (Wildman–Crippen LogP) is 1.87. The molecule has 5 nitrogen and oxygen atoms in total. The molecule has 1 fully saturated rings. The first-order valence-corrected chi connectivity index (χ1v) is 7.17. The quantitative estimate of drug-likeness (QED) is 0.926. The highest BCUT2D eigenvalue weighted by atomic mass is 35.5. The Kier molecular flexibility index (Phi) is 4.95. The highest BCUT2D eigenvalue weighted by Gasteiger charge is 2.25. The Morgan fingerprint density at radius 1 is 1.45 bits per heavy atom. The number of aromatic nitrogens is 1. The minimum Gasteiger partial charge on any atom is -0.353 e. The summed E-state index contributed by atoms with van der Waals surface area (Å²) in [6.07, 6.45) is 5.09. The highest BCUT2D eigenvalue weighted by molar-refractivity contribution is 6.33. The van der Waals surface area contributed by atoms with Gasteiger partial charge in [-0.1, -0.05) is 18.5 Å². The van der Waals surface area contributed by atoms with E-state index in [2.05, 4.69) is 10.3 Å². The van der Waals surface area contributed by atoms with Crippen molar-refractivity contribution in [2.24, 2.45) is 0 Å². The third-order valence-electron chi connectivity index (χ3n) is 3.47. The van der Waals surface area contributed by atoms with Crippen LogP contribution in [0.1, 0.15) is 36.5 Å². The number of piperidine rings is 1. The lowest BCUT2D eigenvalue weighted by molar-refractivity contribution is -0.121. The van der Waals surface area contributed by atoms with Gasteiger partial charge in [0, 0.05) is 37.9 Å². The Hall–Kier alpha value is -1.62. The van der Waals surface area contributed by atoms with Gasteiger partial charge in [0.15, 0.2) is 0 Å². The lowest BCUT2D eigenvalue weighted by Gasteiger charge is -2.32. The molecule has 20 heavy (non-hydrogen) atoms. The number of amides is 2. The van der Waals surface area contributed by atoms with E-state index in [1.165, 1.54) is 6.20 Å². The maximum absolute atomic E-state index is 12.3. The van der Waals surface area contributed by atoms with E-state index in [0.29, 0.717) is 30.1 Å². The van der Waals surface area contributed by atoms with Gasteiger partial charge in [0.25, 0.3) is 5.91 Å². The van der Waals surface area contributed by atoms with Crippen LogP contribution in [0.4, 0.5) is 0 Å². The maximum Gasteiger partial charge on any atom is 0.255 e. The van der Waals surface area contributed by atoms with Crippen LogP contribution in [0, 0.1) is 0 Å². The van der Waals surface area contributed by atoms with Gasteiger partial charge in [-0.05, 0) is 18.9 Å². The fourth-order valence-corrected chi connectivity index (χ4v) is 2.48. The van der Waals surface area contributed by atoms with Gasteiger partial charge in [-0.3, -0.25) is 14.6 Å². The Morgan fingerprint density at radius 3 is 2.75 bits per heavy atom. The van der Waals surface area contributed by atoms with E-state index in [1.807, 2.05) is 6.92 Å². The molecule has 0 atom stereocenters. The smallest absolute Gasteiger partial charge is 0.255 e. The van der Waals surface area contributed by atoms with Crippen molar-refractivity contribution in [3.63, 3.8) is 0 Å².